The maximum absolute atomic E-state index is 12.2. The average Bonchev–Trinajstić information content (AvgIpc) is 3.24. The van der Waals surface area contributed by atoms with Crippen molar-refractivity contribution in [2.75, 3.05) is 34.8 Å². The lowest BCUT2D eigenvalue weighted by Gasteiger charge is -2.08. The molecule has 10 nitrogen and oxygen atoms in total. The minimum atomic E-state index is -4.42. The molecule has 0 spiro atoms. The van der Waals surface area contributed by atoms with E-state index in [0.717, 1.165) is 29.4 Å². The largest absolute Gasteiger partial charge is 0.408 e. The van der Waals surface area contributed by atoms with Crippen LogP contribution in [0.15, 0.2) is 40.7 Å². The molecule has 0 aliphatic carbocycles. The number of aromatic nitrogens is 5. The fourth-order valence-electron chi connectivity index (χ4n) is 2.48. The van der Waals surface area contributed by atoms with Crippen LogP contribution in [-0.2, 0) is 6.54 Å². The van der Waals surface area contributed by atoms with Crippen molar-refractivity contribution in [3.63, 3.8) is 0 Å². The number of thioether (sulfide) groups is 1. The van der Waals surface area contributed by atoms with Gasteiger partial charge in [0.2, 0.25) is 0 Å². The van der Waals surface area contributed by atoms with E-state index in [4.69, 9.17) is 5.73 Å². The number of aryl methyl sites for hydroxylation is 1. The molecule has 15 heteroatoms. The van der Waals surface area contributed by atoms with Crippen LogP contribution < -0.4 is 21.7 Å². The molecule has 0 atom stereocenters. The first-order valence-corrected chi connectivity index (χ1v) is 11.8. The van der Waals surface area contributed by atoms with E-state index in [2.05, 4.69) is 44.6 Å². The predicted octanol–water partition coefficient (Wildman–Crippen LogP) is 3.53. The van der Waals surface area contributed by atoms with Crippen molar-refractivity contribution in [1.82, 2.24) is 23.7 Å². The predicted molar refractivity (Wildman–Crippen MR) is 128 cm³/mol. The number of alkyl halides is 3. The average molecular weight is 513 g/mol. The number of hydrogen-bond acceptors (Lipinski definition) is 10. The second-order valence-corrected chi connectivity index (χ2v) is 8.51. The van der Waals surface area contributed by atoms with Crippen molar-refractivity contribution in [3.05, 3.63) is 41.9 Å². The Morgan fingerprint density at radius 3 is 2.68 bits per heavy atom. The van der Waals surface area contributed by atoms with Crippen LogP contribution in [0.25, 0.3) is 0 Å². The normalized spacial score (nSPS) is 11.9. The molecule has 0 amide bonds. The smallest absolute Gasteiger partial charge is 0.370 e. The van der Waals surface area contributed by atoms with Crippen LogP contribution in [0.2, 0.25) is 0 Å². The molecule has 0 aliphatic heterocycles. The summed E-state index contributed by atoms with van der Waals surface area (Å²) in [6, 6.07) is 5.47. The van der Waals surface area contributed by atoms with Crippen molar-refractivity contribution in [1.29, 1.82) is 0 Å². The van der Waals surface area contributed by atoms with E-state index in [1.807, 2.05) is 25.3 Å². The Labute approximate surface area is 202 Å². The number of halogens is 3. The standard InChI is InChI=1S/C19H23F3N10S2/c1-12-3-4-13(9-26-12)10-27-16-15(31-34-32-16)24-6-2-8-33-18-25-7-5-14(30-18)29-17(23)28-11-19(20,21)22/h3-5,7,9H,2,6,8,10-11H2,1H3,(H,24,31)(H,27,32)(H3,23,25,28,29,30). The Kier molecular flexibility index (Phi) is 9.21. The highest BCUT2D eigenvalue weighted by molar-refractivity contribution is 7.99. The molecule has 0 unspecified atom stereocenters. The second kappa shape index (κ2) is 12.3. The molecule has 0 bridgehead atoms. The summed E-state index contributed by atoms with van der Waals surface area (Å²) in [5, 5.41) is 9.52. The Hall–Kier alpha value is -3.20. The van der Waals surface area contributed by atoms with Gasteiger partial charge in [0.1, 0.15) is 12.4 Å². The van der Waals surface area contributed by atoms with E-state index in [1.165, 1.54) is 24.0 Å². The highest BCUT2D eigenvalue weighted by Gasteiger charge is 2.26. The van der Waals surface area contributed by atoms with E-state index in [0.29, 0.717) is 35.6 Å². The van der Waals surface area contributed by atoms with Crippen molar-refractivity contribution in [2.45, 2.75) is 31.2 Å². The first-order chi connectivity index (χ1) is 16.3. The molecule has 0 fully saturated rings. The number of rotatable bonds is 11. The highest BCUT2D eigenvalue weighted by Crippen LogP contribution is 2.20. The molecule has 34 heavy (non-hydrogen) atoms. The van der Waals surface area contributed by atoms with Crippen molar-refractivity contribution < 1.29 is 13.2 Å². The molecule has 0 aromatic carbocycles. The summed E-state index contributed by atoms with van der Waals surface area (Å²) in [4.78, 5) is 15.9. The zero-order valence-corrected chi connectivity index (χ0v) is 19.8. The zero-order valence-electron chi connectivity index (χ0n) is 18.1. The van der Waals surface area contributed by atoms with E-state index in [-0.39, 0.29) is 11.8 Å². The Morgan fingerprint density at radius 1 is 1.15 bits per heavy atom. The van der Waals surface area contributed by atoms with Crippen LogP contribution in [0, 0.1) is 6.92 Å². The number of aliphatic imine (C=N–C) groups is 1. The summed E-state index contributed by atoms with van der Waals surface area (Å²) in [5.74, 6) is 1.99. The van der Waals surface area contributed by atoms with Crippen LogP contribution in [0.1, 0.15) is 17.7 Å². The van der Waals surface area contributed by atoms with Crippen LogP contribution in [0.4, 0.5) is 30.6 Å². The quantitative estimate of drug-likeness (QED) is 0.0992. The molecule has 0 saturated heterocycles. The summed E-state index contributed by atoms with van der Waals surface area (Å²) in [6.45, 7) is 1.83. The van der Waals surface area contributed by atoms with Crippen molar-refractivity contribution in [2.24, 2.45) is 10.7 Å². The summed E-state index contributed by atoms with van der Waals surface area (Å²) >= 11 is 2.53. The first-order valence-electron chi connectivity index (χ1n) is 10.1. The van der Waals surface area contributed by atoms with E-state index < -0.39 is 12.7 Å². The van der Waals surface area contributed by atoms with Crippen molar-refractivity contribution in [3.8, 4) is 0 Å². The molecular weight excluding hydrogens is 489 g/mol. The summed E-state index contributed by atoms with van der Waals surface area (Å²) in [7, 11) is 0. The number of guanidine groups is 1. The van der Waals surface area contributed by atoms with Crippen molar-refractivity contribution >= 4 is 46.9 Å². The van der Waals surface area contributed by atoms with Crippen LogP contribution in [-0.4, -0.2) is 54.7 Å². The van der Waals surface area contributed by atoms with Crippen LogP contribution in [0.5, 0.6) is 0 Å². The highest BCUT2D eigenvalue weighted by atomic mass is 32.2. The molecule has 0 radical (unpaired) electrons. The van der Waals surface area contributed by atoms with Gasteiger partial charge >= 0.3 is 6.18 Å². The lowest BCUT2D eigenvalue weighted by Crippen LogP contribution is -2.26. The number of nitrogens with two attached hydrogens (primary N) is 1. The van der Waals surface area contributed by atoms with Gasteiger partial charge in [-0.1, -0.05) is 17.8 Å². The van der Waals surface area contributed by atoms with Gasteiger partial charge in [-0.25, -0.2) is 15.0 Å². The number of anilines is 3. The second-order valence-electron chi connectivity index (χ2n) is 6.92. The van der Waals surface area contributed by atoms with E-state index in [1.54, 1.807) is 0 Å². The van der Waals surface area contributed by atoms with E-state index in [9.17, 15) is 13.2 Å². The van der Waals surface area contributed by atoms with Gasteiger partial charge in [-0.3, -0.25) is 4.98 Å². The van der Waals surface area contributed by atoms with Gasteiger partial charge in [-0.2, -0.15) is 21.9 Å². The topological polar surface area (TPSA) is 139 Å². The number of nitrogens with one attached hydrogen (secondary N) is 3. The third-order valence-electron chi connectivity index (χ3n) is 4.08. The minimum absolute atomic E-state index is 0.270. The molecule has 3 aromatic heterocycles. The number of hydrogen-bond donors (Lipinski definition) is 4. The lowest BCUT2D eigenvalue weighted by atomic mass is 10.2. The maximum atomic E-state index is 12.2. The molecule has 3 rings (SSSR count). The molecule has 0 aliphatic rings. The lowest BCUT2D eigenvalue weighted by molar-refractivity contribution is -0.118. The van der Waals surface area contributed by atoms with Gasteiger partial charge in [0, 0.05) is 36.9 Å². The first kappa shape index (κ1) is 25.4. The van der Waals surface area contributed by atoms with Gasteiger partial charge < -0.3 is 21.7 Å². The number of pyridine rings is 1. The molecule has 0 saturated carbocycles. The van der Waals surface area contributed by atoms with Gasteiger partial charge in [-0.05, 0) is 31.0 Å². The van der Waals surface area contributed by atoms with Crippen LogP contribution >= 0.6 is 23.5 Å². The van der Waals surface area contributed by atoms with Gasteiger partial charge in [0.15, 0.2) is 22.8 Å². The summed E-state index contributed by atoms with van der Waals surface area (Å²) in [6.07, 6.45) is -0.311. The number of nitrogens with zero attached hydrogens (tertiary/aromatic N) is 6. The summed E-state index contributed by atoms with van der Waals surface area (Å²) < 4.78 is 45.2. The van der Waals surface area contributed by atoms with Gasteiger partial charge in [-0.15, -0.1) is 0 Å². The monoisotopic (exact) mass is 512 g/mol. The zero-order chi connectivity index (χ0) is 24.4. The Morgan fingerprint density at radius 2 is 1.94 bits per heavy atom. The molecule has 182 valence electrons. The fourth-order valence-corrected chi connectivity index (χ4v) is 3.75. The maximum Gasteiger partial charge on any atom is 0.408 e. The van der Waals surface area contributed by atoms with Gasteiger partial charge in [0.25, 0.3) is 0 Å². The SMILES string of the molecule is Cc1ccc(CNc2nsnc2NCCCSc2nccc(N/C(N)=N\CC(F)(F)F)n2)cn1. The van der Waals surface area contributed by atoms with Crippen LogP contribution in [0.3, 0.4) is 0 Å². The van der Waals surface area contributed by atoms with Gasteiger partial charge in [0.05, 0.1) is 11.7 Å². The third kappa shape index (κ3) is 8.97. The molecule has 3 heterocycles. The Bertz CT molecular complexity index is 1070. The Balaban J connectivity index is 1.39. The minimum Gasteiger partial charge on any atom is -0.370 e. The molecule has 3 aromatic rings. The third-order valence-corrected chi connectivity index (χ3v) is 5.56. The molecule has 5 N–H and O–H groups in total. The molecular formula is C19H23F3N10S2. The van der Waals surface area contributed by atoms with E-state index >= 15 is 0 Å². The fraction of sp³-hybridized carbons (Fsp3) is 0.368. The summed E-state index contributed by atoms with van der Waals surface area (Å²) in [5.41, 5.74) is 7.48.